The van der Waals surface area contributed by atoms with Crippen LogP contribution in [-0.2, 0) is 0 Å². The van der Waals surface area contributed by atoms with Crippen molar-refractivity contribution in [1.82, 2.24) is 9.97 Å². The summed E-state index contributed by atoms with van der Waals surface area (Å²) in [4.78, 5) is 17.8. The summed E-state index contributed by atoms with van der Waals surface area (Å²) in [6.45, 7) is 0. The predicted molar refractivity (Wildman–Crippen MR) is 55.0 cm³/mol. The average molecular weight is 202 g/mol. The van der Waals surface area contributed by atoms with Crippen molar-refractivity contribution in [2.75, 3.05) is 0 Å². The molecule has 2 heterocycles. The molecule has 0 radical (unpaired) electrons. The molecule has 0 bridgehead atoms. The Morgan fingerprint density at radius 1 is 1.53 bits per heavy atom. The Morgan fingerprint density at radius 2 is 2.33 bits per heavy atom. The van der Waals surface area contributed by atoms with Gasteiger partial charge < -0.3 is 10.1 Å². The number of fused-ring (bicyclic) bond motifs is 1. The van der Waals surface area contributed by atoms with Crippen molar-refractivity contribution in [3.63, 3.8) is 0 Å². The van der Waals surface area contributed by atoms with Gasteiger partial charge in [-0.1, -0.05) is 0 Å². The Bertz CT molecular complexity index is 541. The lowest BCUT2D eigenvalue weighted by Crippen LogP contribution is -1.94. The maximum Gasteiger partial charge on any atom is 0.352 e. The van der Waals surface area contributed by atoms with Crippen LogP contribution in [0.3, 0.4) is 0 Å². The quantitative estimate of drug-likeness (QED) is 0.784. The van der Waals surface area contributed by atoms with Crippen molar-refractivity contribution in [3.05, 3.63) is 29.6 Å². The van der Waals surface area contributed by atoms with E-state index in [0.29, 0.717) is 11.6 Å². The zero-order valence-corrected chi connectivity index (χ0v) is 8.03. The second-order valence-corrected chi connectivity index (χ2v) is 3.92. The fourth-order valence-electron chi connectivity index (χ4n) is 1.91. The van der Waals surface area contributed by atoms with Crippen LogP contribution in [0.25, 0.3) is 11.0 Å². The molecule has 1 saturated carbocycles. The van der Waals surface area contributed by atoms with E-state index >= 15 is 0 Å². The molecule has 76 valence electrons. The first-order valence-corrected chi connectivity index (χ1v) is 4.96. The van der Waals surface area contributed by atoms with Crippen molar-refractivity contribution in [3.8, 4) is 0 Å². The zero-order valence-electron chi connectivity index (χ0n) is 8.03. The number of pyridine rings is 1. The lowest BCUT2D eigenvalue weighted by molar-refractivity contribution is 0.0691. The molecule has 0 saturated heterocycles. The minimum atomic E-state index is -0.935. The van der Waals surface area contributed by atoms with E-state index in [-0.39, 0.29) is 5.69 Å². The topological polar surface area (TPSA) is 66.0 Å². The molecule has 0 aliphatic heterocycles. The van der Waals surface area contributed by atoms with Crippen molar-refractivity contribution in [2.24, 2.45) is 0 Å². The van der Waals surface area contributed by atoms with Gasteiger partial charge in [-0.05, 0) is 36.5 Å². The smallest absolute Gasteiger partial charge is 0.352 e. The number of aromatic amines is 1. The van der Waals surface area contributed by atoms with Gasteiger partial charge in [0.2, 0.25) is 0 Å². The summed E-state index contributed by atoms with van der Waals surface area (Å²) in [6.07, 6.45) is 4.14. The van der Waals surface area contributed by atoms with E-state index < -0.39 is 5.97 Å². The van der Waals surface area contributed by atoms with Crippen LogP contribution >= 0.6 is 0 Å². The van der Waals surface area contributed by atoms with Crippen LogP contribution in [0.15, 0.2) is 18.3 Å². The number of hydrogen-bond donors (Lipinski definition) is 2. The molecule has 3 rings (SSSR count). The van der Waals surface area contributed by atoms with Crippen LogP contribution in [0.2, 0.25) is 0 Å². The Kier molecular flexibility index (Phi) is 1.59. The molecule has 4 nitrogen and oxygen atoms in total. The van der Waals surface area contributed by atoms with Gasteiger partial charge in [0.1, 0.15) is 11.3 Å². The Hall–Kier alpha value is -1.84. The van der Waals surface area contributed by atoms with Gasteiger partial charge in [0, 0.05) is 11.6 Å². The molecule has 2 N–H and O–H groups in total. The normalized spacial score (nSPS) is 15.7. The van der Waals surface area contributed by atoms with Crippen LogP contribution in [0.4, 0.5) is 0 Å². The minimum Gasteiger partial charge on any atom is -0.477 e. The summed E-state index contributed by atoms with van der Waals surface area (Å²) >= 11 is 0. The van der Waals surface area contributed by atoms with Gasteiger partial charge in [-0.3, -0.25) is 0 Å². The molecular formula is C11H10N2O2. The second kappa shape index (κ2) is 2.82. The monoisotopic (exact) mass is 202 g/mol. The van der Waals surface area contributed by atoms with E-state index in [4.69, 9.17) is 5.11 Å². The van der Waals surface area contributed by atoms with Crippen molar-refractivity contribution in [1.29, 1.82) is 0 Å². The number of aromatic carboxylic acids is 1. The maximum atomic E-state index is 10.8. The number of nitrogens with one attached hydrogen (secondary N) is 1. The third-order valence-electron chi connectivity index (χ3n) is 2.81. The van der Waals surface area contributed by atoms with Gasteiger partial charge in [0.25, 0.3) is 0 Å². The molecule has 0 unspecified atom stereocenters. The molecule has 2 aromatic heterocycles. The highest BCUT2D eigenvalue weighted by atomic mass is 16.4. The largest absolute Gasteiger partial charge is 0.477 e. The van der Waals surface area contributed by atoms with E-state index in [0.717, 1.165) is 5.39 Å². The first kappa shape index (κ1) is 8.47. The van der Waals surface area contributed by atoms with E-state index in [1.165, 1.54) is 18.4 Å². The molecule has 0 amide bonds. The summed E-state index contributed by atoms with van der Waals surface area (Å²) in [7, 11) is 0. The SMILES string of the molecule is O=C(O)c1cc2c(C3CC3)ccnc2[nH]1. The first-order chi connectivity index (χ1) is 7.25. The molecule has 1 aliphatic carbocycles. The highest BCUT2D eigenvalue weighted by Crippen LogP contribution is 2.42. The van der Waals surface area contributed by atoms with Crippen molar-refractivity contribution >= 4 is 17.0 Å². The molecule has 1 aliphatic rings. The number of H-pyrrole nitrogens is 1. The Balaban J connectivity index is 2.24. The lowest BCUT2D eigenvalue weighted by atomic mass is 10.1. The summed E-state index contributed by atoms with van der Waals surface area (Å²) < 4.78 is 0. The Labute approximate surface area is 86.0 Å². The van der Waals surface area contributed by atoms with Gasteiger partial charge in [-0.25, -0.2) is 9.78 Å². The van der Waals surface area contributed by atoms with Gasteiger partial charge >= 0.3 is 5.97 Å². The summed E-state index contributed by atoms with van der Waals surface area (Å²) in [5, 5.41) is 9.83. The van der Waals surface area contributed by atoms with Gasteiger partial charge in [-0.2, -0.15) is 0 Å². The lowest BCUT2D eigenvalue weighted by Gasteiger charge is -1.97. The fourth-order valence-corrected chi connectivity index (χ4v) is 1.91. The van der Waals surface area contributed by atoms with Gasteiger partial charge in [0.15, 0.2) is 0 Å². The van der Waals surface area contributed by atoms with Crippen LogP contribution in [0, 0.1) is 0 Å². The number of hydrogen-bond acceptors (Lipinski definition) is 2. The number of carboxylic acids is 1. The highest BCUT2D eigenvalue weighted by molar-refractivity contribution is 5.93. The maximum absolute atomic E-state index is 10.8. The standard InChI is InChI=1S/C11H10N2O2/c14-11(15)9-5-8-7(6-1-2-6)3-4-12-10(8)13-9/h3-6H,1-2H2,(H,12,13)(H,14,15). The van der Waals surface area contributed by atoms with Crippen LogP contribution in [0.1, 0.15) is 34.8 Å². The van der Waals surface area contributed by atoms with Gasteiger partial charge in [0.05, 0.1) is 0 Å². The Morgan fingerprint density at radius 3 is 3.00 bits per heavy atom. The predicted octanol–water partition coefficient (Wildman–Crippen LogP) is 2.14. The molecule has 0 spiro atoms. The van der Waals surface area contributed by atoms with E-state index in [2.05, 4.69) is 9.97 Å². The number of nitrogens with zero attached hydrogens (tertiary/aromatic N) is 1. The molecule has 2 aromatic rings. The molecule has 15 heavy (non-hydrogen) atoms. The van der Waals surface area contributed by atoms with Crippen LogP contribution < -0.4 is 0 Å². The fraction of sp³-hybridized carbons (Fsp3) is 0.273. The van der Waals surface area contributed by atoms with E-state index in [9.17, 15) is 4.79 Å². The van der Waals surface area contributed by atoms with E-state index in [1.807, 2.05) is 6.07 Å². The number of carbonyl (C=O) groups is 1. The minimum absolute atomic E-state index is 0.214. The second-order valence-electron chi connectivity index (χ2n) is 3.92. The number of aromatic nitrogens is 2. The molecule has 0 atom stereocenters. The summed E-state index contributed by atoms with van der Waals surface area (Å²) in [5.74, 6) is -0.331. The number of carboxylic acid groups (broad SMARTS) is 1. The molecule has 4 heteroatoms. The van der Waals surface area contributed by atoms with Gasteiger partial charge in [-0.15, -0.1) is 0 Å². The summed E-state index contributed by atoms with van der Waals surface area (Å²) in [5.41, 5.74) is 2.12. The highest BCUT2D eigenvalue weighted by Gasteiger charge is 2.26. The third kappa shape index (κ3) is 1.29. The van der Waals surface area contributed by atoms with Crippen molar-refractivity contribution < 1.29 is 9.90 Å². The first-order valence-electron chi connectivity index (χ1n) is 4.96. The third-order valence-corrected chi connectivity index (χ3v) is 2.81. The van der Waals surface area contributed by atoms with Crippen LogP contribution in [0.5, 0.6) is 0 Å². The average Bonchev–Trinajstić information content (AvgIpc) is 2.95. The van der Waals surface area contributed by atoms with E-state index in [1.54, 1.807) is 12.3 Å². The van der Waals surface area contributed by atoms with Crippen molar-refractivity contribution in [2.45, 2.75) is 18.8 Å². The zero-order chi connectivity index (χ0) is 10.4. The summed E-state index contributed by atoms with van der Waals surface area (Å²) in [6, 6.07) is 3.66. The molecule has 1 fully saturated rings. The molecule has 0 aromatic carbocycles. The van der Waals surface area contributed by atoms with Crippen LogP contribution in [-0.4, -0.2) is 21.0 Å². The number of rotatable bonds is 2. The molecular weight excluding hydrogens is 192 g/mol.